The van der Waals surface area contributed by atoms with E-state index in [0.29, 0.717) is 4.47 Å². The summed E-state index contributed by atoms with van der Waals surface area (Å²) in [6.45, 7) is 0. The van der Waals surface area contributed by atoms with Gasteiger partial charge in [-0.1, -0.05) is 27.5 Å². The molecule has 0 N–H and O–H groups in total. The van der Waals surface area contributed by atoms with Gasteiger partial charge in [0.05, 0.1) is 17.7 Å². The maximum absolute atomic E-state index is 13.9. The van der Waals surface area contributed by atoms with Crippen LogP contribution in [0, 0.1) is 11.6 Å². The molecule has 0 saturated heterocycles. The summed E-state index contributed by atoms with van der Waals surface area (Å²) < 4.78 is 33.1. The minimum atomic E-state index is -0.997. The number of benzene rings is 2. The number of ether oxygens (including phenoxy) is 1. The number of hydrogen-bond acceptors (Lipinski definition) is 2. The maximum Gasteiger partial charge on any atom is 0.200 e. The normalized spacial score (nSPS) is 10.4. The van der Waals surface area contributed by atoms with Crippen molar-refractivity contribution in [3.05, 3.63) is 62.6 Å². The van der Waals surface area contributed by atoms with Gasteiger partial charge in [0, 0.05) is 22.2 Å². The van der Waals surface area contributed by atoms with Crippen molar-refractivity contribution in [2.45, 2.75) is 0 Å². The monoisotopic (exact) mass is 360 g/mol. The Balaban J connectivity index is 2.56. The van der Waals surface area contributed by atoms with Crippen molar-refractivity contribution < 1.29 is 18.3 Å². The summed E-state index contributed by atoms with van der Waals surface area (Å²) >= 11 is 9.07. The Labute approximate surface area is 127 Å². The van der Waals surface area contributed by atoms with E-state index >= 15 is 0 Å². The first-order chi connectivity index (χ1) is 9.43. The standard InChI is InChI=1S/C14H8BrClF2O2/c1-20-8-5-11(17)13(12(18)6-8)14(19)9-4-7(15)2-3-10(9)16/h2-6H,1H3. The molecular weight excluding hydrogens is 354 g/mol. The lowest BCUT2D eigenvalue weighted by Gasteiger charge is -2.08. The van der Waals surface area contributed by atoms with Gasteiger partial charge < -0.3 is 4.74 Å². The van der Waals surface area contributed by atoms with Crippen molar-refractivity contribution >= 4 is 33.3 Å². The van der Waals surface area contributed by atoms with Crippen molar-refractivity contribution in [1.29, 1.82) is 0 Å². The molecule has 0 aliphatic rings. The molecule has 0 aliphatic heterocycles. The van der Waals surface area contributed by atoms with Crippen LogP contribution in [0.4, 0.5) is 8.78 Å². The number of halogens is 4. The third-order valence-corrected chi connectivity index (χ3v) is 3.47. The number of methoxy groups -OCH3 is 1. The van der Waals surface area contributed by atoms with Gasteiger partial charge in [0.15, 0.2) is 5.78 Å². The number of carbonyl (C=O) groups excluding carboxylic acids is 1. The van der Waals surface area contributed by atoms with E-state index in [1.807, 2.05) is 0 Å². The Hall–Kier alpha value is -1.46. The zero-order valence-corrected chi connectivity index (χ0v) is 12.6. The van der Waals surface area contributed by atoms with Crippen LogP contribution in [0.2, 0.25) is 5.02 Å². The topological polar surface area (TPSA) is 26.3 Å². The van der Waals surface area contributed by atoms with E-state index in [1.54, 1.807) is 6.07 Å². The quantitative estimate of drug-likeness (QED) is 0.746. The van der Waals surface area contributed by atoms with Crippen molar-refractivity contribution in [3.8, 4) is 5.75 Å². The van der Waals surface area contributed by atoms with Gasteiger partial charge in [-0.3, -0.25) is 4.79 Å². The molecule has 6 heteroatoms. The summed E-state index contributed by atoms with van der Waals surface area (Å²) in [6, 6.07) is 6.40. The summed E-state index contributed by atoms with van der Waals surface area (Å²) in [5, 5.41) is 0.118. The molecule has 0 spiro atoms. The molecule has 0 amide bonds. The fourth-order valence-corrected chi connectivity index (χ4v) is 2.26. The second kappa shape index (κ2) is 5.89. The van der Waals surface area contributed by atoms with Gasteiger partial charge in [-0.2, -0.15) is 0 Å². The molecule has 0 bridgehead atoms. The minimum absolute atomic E-state index is 0.00288. The first kappa shape index (κ1) is 14.9. The summed E-state index contributed by atoms with van der Waals surface area (Å²) in [6.07, 6.45) is 0. The molecule has 0 unspecified atom stereocenters. The zero-order chi connectivity index (χ0) is 14.9. The van der Waals surface area contributed by atoms with Gasteiger partial charge in [-0.25, -0.2) is 8.78 Å². The van der Waals surface area contributed by atoms with Gasteiger partial charge in [-0.15, -0.1) is 0 Å². The van der Waals surface area contributed by atoms with Crippen LogP contribution in [-0.4, -0.2) is 12.9 Å². The van der Waals surface area contributed by atoms with E-state index in [1.165, 1.54) is 19.2 Å². The smallest absolute Gasteiger partial charge is 0.200 e. The predicted molar refractivity (Wildman–Crippen MR) is 75.5 cm³/mol. The highest BCUT2D eigenvalue weighted by atomic mass is 79.9. The summed E-state index contributed by atoms with van der Waals surface area (Å²) in [7, 11) is 1.28. The van der Waals surface area contributed by atoms with E-state index in [0.717, 1.165) is 12.1 Å². The van der Waals surface area contributed by atoms with Crippen LogP contribution in [-0.2, 0) is 0 Å². The molecule has 0 saturated carbocycles. The molecular formula is C14H8BrClF2O2. The van der Waals surface area contributed by atoms with E-state index in [-0.39, 0.29) is 16.3 Å². The summed E-state index contributed by atoms with van der Waals surface area (Å²) in [5.74, 6) is -2.82. The number of rotatable bonds is 3. The average molecular weight is 362 g/mol. The molecule has 0 aliphatic carbocycles. The Kier molecular flexibility index (Phi) is 4.40. The lowest BCUT2D eigenvalue weighted by molar-refractivity contribution is 0.103. The van der Waals surface area contributed by atoms with Crippen LogP contribution in [0.25, 0.3) is 0 Å². The highest BCUT2D eigenvalue weighted by Gasteiger charge is 2.22. The van der Waals surface area contributed by atoms with Crippen LogP contribution in [0.3, 0.4) is 0 Å². The van der Waals surface area contributed by atoms with Crippen LogP contribution >= 0.6 is 27.5 Å². The molecule has 0 heterocycles. The second-order valence-electron chi connectivity index (χ2n) is 3.92. The van der Waals surface area contributed by atoms with Crippen molar-refractivity contribution in [2.75, 3.05) is 7.11 Å². The van der Waals surface area contributed by atoms with Crippen LogP contribution in [0.15, 0.2) is 34.8 Å². The van der Waals surface area contributed by atoms with E-state index in [4.69, 9.17) is 16.3 Å². The maximum atomic E-state index is 13.9. The van der Waals surface area contributed by atoms with Gasteiger partial charge in [0.1, 0.15) is 17.4 Å². The van der Waals surface area contributed by atoms with E-state index < -0.39 is 23.0 Å². The lowest BCUT2D eigenvalue weighted by atomic mass is 10.0. The average Bonchev–Trinajstić information content (AvgIpc) is 2.40. The highest BCUT2D eigenvalue weighted by molar-refractivity contribution is 9.10. The molecule has 0 atom stereocenters. The molecule has 2 rings (SSSR count). The van der Waals surface area contributed by atoms with Gasteiger partial charge in [-0.05, 0) is 18.2 Å². The molecule has 0 radical (unpaired) electrons. The highest BCUT2D eigenvalue weighted by Crippen LogP contribution is 2.27. The van der Waals surface area contributed by atoms with Crippen molar-refractivity contribution in [3.63, 3.8) is 0 Å². The molecule has 2 aromatic carbocycles. The number of ketones is 1. The Bertz CT molecular complexity index is 666. The van der Waals surface area contributed by atoms with Crippen LogP contribution in [0.5, 0.6) is 5.75 Å². The SMILES string of the molecule is COc1cc(F)c(C(=O)c2cc(Br)ccc2Cl)c(F)c1. The van der Waals surface area contributed by atoms with E-state index in [9.17, 15) is 13.6 Å². The van der Waals surface area contributed by atoms with Crippen molar-refractivity contribution in [2.24, 2.45) is 0 Å². The molecule has 0 fully saturated rings. The molecule has 2 nitrogen and oxygen atoms in total. The third kappa shape index (κ3) is 2.83. The Morgan fingerprint density at radius 3 is 2.35 bits per heavy atom. The predicted octanol–water partition coefficient (Wildman–Crippen LogP) is 4.62. The van der Waals surface area contributed by atoms with Gasteiger partial charge >= 0.3 is 0 Å². The molecule has 2 aromatic rings. The summed E-state index contributed by atoms with van der Waals surface area (Å²) in [5.41, 5.74) is -0.644. The first-order valence-electron chi connectivity index (χ1n) is 5.47. The van der Waals surface area contributed by atoms with Gasteiger partial charge in [0.2, 0.25) is 0 Å². The fourth-order valence-electron chi connectivity index (χ4n) is 1.69. The Morgan fingerprint density at radius 2 is 1.80 bits per heavy atom. The minimum Gasteiger partial charge on any atom is -0.497 e. The fraction of sp³-hybridized carbons (Fsp3) is 0.0714. The van der Waals surface area contributed by atoms with Crippen LogP contribution in [0.1, 0.15) is 15.9 Å². The molecule has 0 aromatic heterocycles. The Morgan fingerprint density at radius 1 is 1.20 bits per heavy atom. The number of hydrogen-bond donors (Lipinski definition) is 0. The zero-order valence-electron chi connectivity index (χ0n) is 10.2. The number of carbonyl (C=O) groups is 1. The van der Waals surface area contributed by atoms with E-state index in [2.05, 4.69) is 15.9 Å². The van der Waals surface area contributed by atoms with Gasteiger partial charge in [0.25, 0.3) is 0 Å². The largest absolute Gasteiger partial charge is 0.497 e. The molecule has 104 valence electrons. The second-order valence-corrected chi connectivity index (χ2v) is 5.24. The summed E-state index contributed by atoms with van der Waals surface area (Å²) in [4.78, 5) is 12.2. The first-order valence-corrected chi connectivity index (χ1v) is 6.64. The molecule has 20 heavy (non-hydrogen) atoms. The lowest BCUT2D eigenvalue weighted by Crippen LogP contribution is -2.08. The van der Waals surface area contributed by atoms with Crippen LogP contribution < -0.4 is 4.74 Å². The third-order valence-electron chi connectivity index (χ3n) is 2.65. The van der Waals surface area contributed by atoms with Crippen molar-refractivity contribution in [1.82, 2.24) is 0 Å².